The van der Waals surface area contributed by atoms with Crippen LogP contribution in [-0.4, -0.2) is 21.8 Å². The van der Waals surface area contributed by atoms with Crippen molar-refractivity contribution in [2.24, 2.45) is 0 Å². The van der Waals surface area contributed by atoms with Crippen LogP contribution in [0.4, 0.5) is 0 Å². The Morgan fingerprint density at radius 2 is 2.33 bits per heavy atom. The molecule has 1 fully saturated rings. The molecular formula is C13H13NO3S. The molecule has 1 aliphatic heterocycles. The van der Waals surface area contributed by atoms with Gasteiger partial charge in [-0.2, -0.15) is 0 Å². The van der Waals surface area contributed by atoms with Crippen LogP contribution in [0.3, 0.4) is 0 Å². The summed E-state index contributed by atoms with van der Waals surface area (Å²) in [6.07, 6.45) is 3.48. The first-order chi connectivity index (χ1) is 8.75. The summed E-state index contributed by atoms with van der Waals surface area (Å²) in [5.74, 6) is 0.817. The van der Waals surface area contributed by atoms with Crippen molar-refractivity contribution < 1.29 is 14.3 Å². The molecule has 5 heteroatoms. The Balaban J connectivity index is 2.04. The van der Waals surface area contributed by atoms with Gasteiger partial charge < -0.3 is 9.52 Å². The van der Waals surface area contributed by atoms with E-state index in [1.807, 2.05) is 11.8 Å². The van der Waals surface area contributed by atoms with E-state index in [0.29, 0.717) is 17.0 Å². The molecule has 1 aliphatic rings. The van der Waals surface area contributed by atoms with Gasteiger partial charge in [0.2, 0.25) is 5.89 Å². The number of carbonyl (C=O) groups is 1. The second-order valence-electron chi connectivity index (χ2n) is 4.37. The Morgan fingerprint density at radius 1 is 1.44 bits per heavy atom. The van der Waals surface area contributed by atoms with Crippen LogP contribution < -0.4 is 0 Å². The molecular weight excluding hydrogens is 250 g/mol. The molecule has 0 spiro atoms. The first kappa shape index (κ1) is 11.6. The Bertz CT molecular complexity index is 587. The number of oxazole rings is 1. The number of aromatic carboxylic acids is 1. The van der Waals surface area contributed by atoms with Crippen LogP contribution in [0.25, 0.3) is 11.1 Å². The highest BCUT2D eigenvalue weighted by Gasteiger charge is 2.23. The summed E-state index contributed by atoms with van der Waals surface area (Å²) in [6.45, 7) is 0. The Hall–Kier alpha value is -1.49. The van der Waals surface area contributed by atoms with Crippen LogP contribution in [0.15, 0.2) is 22.6 Å². The smallest absolute Gasteiger partial charge is 0.339 e. The molecule has 0 saturated carbocycles. The molecule has 1 saturated heterocycles. The minimum atomic E-state index is -0.973. The lowest BCUT2D eigenvalue weighted by molar-refractivity contribution is 0.0698. The van der Waals surface area contributed by atoms with Gasteiger partial charge in [0.05, 0.1) is 5.25 Å². The zero-order chi connectivity index (χ0) is 12.5. The Kier molecular flexibility index (Phi) is 2.99. The number of fused-ring (bicyclic) bond motifs is 1. The topological polar surface area (TPSA) is 63.3 Å². The third-order valence-electron chi connectivity index (χ3n) is 3.12. The van der Waals surface area contributed by atoms with Crippen LogP contribution >= 0.6 is 11.8 Å². The van der Waals surface area contributed by atoms with Gasteiger partial charge in [0.15, 0.2) is 5.58 Å². The van der Waals surface area contributed by atoms with Gasteiger partial charge in [-0.1, -0.05) is 12.5 Å². The molecule has 1 aromatic carbocycles. The van der Waals surface area contributed by atoms with Crippen LogP contribution in [0.5, 0.6) is 0 Å². The minimum Gasteiger partial charge on any atom is -0.478 e. The zero-order valence-corrected chi connectivity index (χ0v) is 10.6. The molecule has 1 aromatic heterocycles. The van der Waals surface area contributed by atoms with Crippen molar-refractivity contribution >= 4 is 28.8 Å². The molecule has 1 atom stereocenters. The number of rotatable bonds is 2. The van der Waals surface area contributed by atoms with E-state index in [0.717, 1.165) is 12.2 Å². The molecule has 1 N–H and O–H groups in total. The van der Waals surface area contributed by atoms with Gasteiger partial charge in [-0.25, -0.2) is 9.78 Å². The van der Waals surface area contributed by atoms with Crippen molar-refractivity contribution in [2.45, 2.75) is 24.5 Å². The molecule has 0 bridgehead atoms. The van der Waals surface area contributed by atoms with Gasteiger partial charge in [-0.15, -0.1) is 11.8 Å². The Morgan fingerprint density at radius 3 is 3.06 bits per heavy atom. The lowest BCUT2D eigenvalue weighted by atomic mass is 10.2. The highest BCUT2D eigenvalue weighted by molar-refractivity contribution is 7.99. The molecule has 2 heterocycles. The predicted molar refractivity (Wildman–Crippen MR) is 70.0 cm³/mol. The molecule has 94 valence electrons. The normalized spacial score (nSPS) is 20.1. The molecule has 0 amide bonds. The first-order valence-corrected chi connectivity index (χ1v) is 7.05. The predicted octanol–water partition coefficient (Wildman–Crippen LogP) is 3.48. The summed E-state index contributed by atoms with van der Waals surface area (Å²) >= 11 is 1.84. The van der Waals surface area contributed by atoms with E-state index in [-0.39, 0.29) is 10.8 Å². The fraction of sp³-hybridized carbons (Fsp3) is 0.385. The standard InChI is InChI=1S/C13H13NO3S/c15-13(16)8-4-3-5-9-11(8)17-12(14-9)10-6-1-2-7-18-10/h3-5,10H,1-2,6-7H2,(H,15,16). The largest absolute Gasteiger partial charge is 0.478 e. The SMILES string of the molecule is O=C(O)c1cccc2nc(C3CCCCS3)oc12. The number of thioether (sulfide) groups is 1. The molecule has 4 nitrogen and oxygen atoms in total. The number of nitrogens with zero attached hydrogens (tertiary/aromatic N) is 1. The van der Waals surface area contributed by atoms with Crippen molar-refractivity contribution in [3.63, 3.8) is 0 Å². The maximum Gasteiger partial charge on any atom is 0.339 e. The molecule has 0 aliphatic carbocycles. The quantitative estimate of drug-likeness (QED) is 0.898. The maximum atomic E-state index is 11.1. The molecule has 0 radical (unpaired) electrons. The third kappa shape index (κ3) is 1.99. The second-order valence-corrected chi connectivity index (χ2v) is 5.68. The maximum absolute atomic E-state index is 11.1. The van der Waals surface area contributed by atoms with E-state index in [4.69, 9.17) is 9.52 Å². The summed E-state index contributed by atoms with van der Waals surface area (Å²) in [6, 6.07) is 5.04. The number of benzene rings is 1. The molecule has 18 heavy (non-hydrogen) atoms. The average molecular weight is 263 g/mol. The van der Waals surface area contributed by atoms with E-state index < -0.39 is 5.97 Å². The van der Waals surface area contributed by atoms with Crippen LogP contribution in [0.2, 0.25) is 0 Å². The van der Waals surface area contributed by atoms with Crippen molar-refractivity contribution in [1.29, 1.82) is 0 Å². The average Bonchev–Trinajstić information content (AvgIpc) is 2.83. The summed E-state index contributed by atoms with van der Waals surface area (Å²) in [4.78, 5) is 15.5. The van der Waals surface area contributed by atoms with Gasteiger partial charge in [0, 0.05) is 0 Å². The fourth-order valence-electron chi connectivity index (χ4n) is 2.21. The number of carboxylic acid groups (broad SMARTS) is 1. The van der Waals surface area contributed by atoms with Gasteiger partial charge in [0.25, 0.3) is 0 Å². The Labute approximate surface area is 108 Å². The number of aromatic nitrogens is 1. The number of hydrogen-bond donors (Lipinski definition) is 1. The van der Waals surface area contributed by atoms with E-state index >= 15 is 0 Å². The first-order valence-electron chi connectivity index (χ1n) is 6.00. The van der Waals surface area contributed by atoms with Gasteiger partial charge in [0.1, 0.15) is 11.1 Å². The van der Waals surface area contributed by atoms with Crippen molar-refractivity contribution in [1.82, 2.24) is 4.98 Å². The summed E-state index contributed by atoms with van der Waals surface area (Å²) in [5.41, 5.74) is 1.22. The molecule has 3 rings (SSSR count). The zero-order valence-electron chi connectivity index (χ0n) is 9.76. The molecule has 2 aromatic rings. The number of carboxylic acids is 1. The van der Waals surface area contributed by atoms with Crippen molar-refractivity contribution in [2.75, 3.05) is 5.75 Å². The highest BCUT2D eigenvalue weighted by Crippen LogP contribution is 2.39. The lowest BCUT2D eigenvalue weighted by Crippen LogP contribution is -2.01. The van der Waals surface area contributed by atoms with Gasteiger partial charge in [-0.05, 0) is 30.7 Å². The summed E-state index contributed by atoms with van der Waals surface area (Å²) in [7, 11) is 0. The second kappa shape index (κ2) is 4.65. The lowest BCUT2D eigenvalue weighted by Gasteiger charge is -2.17. The van der Waals surface area contributed by atoms with Crippen LogP contribution in [0.1, 0.15) is 40.8 Å². The number of para-hydroxylation sites is 1. The third-order valence-corrected chi connectivity index (χ3v) is 4.48. The van der Waals surface area contributed by atoms with Gasteiger partial charge in [-0.3, -0.25) is 0 Å². The van der Waals surface area contributed by atoms with E-state index in [1.54, 1.807) is 18.2 Å². The highest BCUT2D eigenvalue weighted by atomic mass is 32.2. The van der Waals surface area contributed by atoms with Gasteiger partial charge >= 0.3 is 5.97 Å². The summed E-state index contributed by atoms with van der Waals surface area (Å²) in [5, 5.41) is 9.38. The van der Waals surface area contributed by atoms with E-state index in [1.165, 1.54) is 12.8 Å². The van der Waals surface area contributed by atoms with Crippen LogP contribution in [0, 0.1) is 0 Å². The van der Waals surface area contributed by atoms with Crippen molar-refractivity contribution in [3.8, 4) is 0 Å². The monoisotopic (exact) mass is 263 g/mol. The van der Waals surface area contributed by atoms with Crippen molar-refractivity contribution in [3.05, 3.63) is 29.7 Å². The summed E-state index contributed by atoms with van der Waals surface area (Å²) < 4.78 is 5.69. The molecule has 1 unspecified atom stereocenters. The van der Waals surface area contributed by atoms with Crippen LogP contribution in [-0.2, 0) is 0 Å². The fourth-order valence-corrected chi connectivity index (χ4v) is 3.44. The minimum absolute atomic E-state index is 0.187. The van der Waals surface area contributed by atoms with E-state index in [2.05, 4.69) is 4.98 Å². The number of hydrogen-bond acceptors (Lipinski definition) is 4. The van der Waals surface area contributed by atoms with E-state index in [9.17, 15) is 4.79 Å².